The number of aliphatic carboxylic acids is 1. The summed E-state index contributed by atoms with van der Waals surface area (Å²) < 4.78 is 51.2. The Hall–Kier alpha value is -3.84. The molecule has 0 spiro atoms. The normalized spacial score (nSPS) is 21.4. The van der Waals surface area contributed by atoms with E-state index in [1.807, 2.05) is 18.2 Å². The summed E-state index contributed by atoms with van der Waals surface area (Å²) >= 11 is 1.34. The van der Waals surface area contributed by atoms with Crippen molar-refractivity contribution in [2.75, 3.05) is 20.8 Å². The first-order valence-electron chi connectivity index (χ1n) is 14.1. The summed E-state index contributed by atoms with van der Waals surface area (Å²) in [7, 11) is 3.36. The van der Waals surface area contributed by atoms with E-state index in [2.05, 4.69) is 57.4 Å². The molecule has 5 rings (SSSR count). The highest BCUT2D eigenvalue weighted by Gasteiger charge is 2.51. The van der Waals surface area contributed by atoms with Crippen molar-refractivity contribution >= 4 is 23.9 Å². The van der Waals surface area contributed by atoms with E-state index >= 15 is 0 Å². The lowest BCUT2D eigenvalue weighted by molar-refractivity contribution is -0.192. The van der Waals surface area contributed by atoms with Crippen LogP contribution >= 0.6 is 11.9 Å². The van der Waals surface area contributed by atoms with Crippen LogP contribution < -0.4 is 19.5 Å². The molecule has 3 N–H and O–H groups in total. The number of ether oxygens (including phenoxy) is 2. The van der Waals surface area contributed by atoms with Crippen molar-refractivity contribution in [2.45, 2.75) is 61.7 Å². The molecule has 2 aromatic carbocycles. The van der Waals surface area contributed by atoms with Gasteiger partial charge in [-0.25, -0.2) is 9.59 Å². The van der Waals surface area contributed by atoms with Gasteiger partial charge in [0.2, 0.25) is 0 Å². The van der Waals surface area contributed by atoms with E-state index in [1.165, 1.54) is 23.1 Å². The number of furan rings is 1. The molecule has 44 heavy (non-hydrogen) atoms. The van der Waals surface area contributed by atoms with E-state index in [0.29, 0.717) is 11.8 Å². The van der Waals surface area contributed by atoms with Crippen LogP contribution in [0.25, 0.3) is 0 Å². The van der Waals surface area contributed by atoms with E-state index in [1.54, 1.807) is 20.5 Å². The van der Waals surface area contributed by atoms with Gasteiger partial charge in [0, 0.05) is 24.0 Å². The molecule has 3 atom stereocenters. The highest BCUT2D eigenvalue weighted by atomic mass is 32.2. The van der Waals surface area contributed by atoms with E-state index in [9.17, 15) is 18.0 Å². The Labute approximate surface area is 258 Å². The monoisotopic (exact) mass is 635 g/mol. The van der Waals surface area contributed by atoms with Gasteiger partial charge >= 0.3 is 18.2 Å². The average molecular weight is 636 g/mol. The molecule has 1 aliphatic carbocycles. The van der Waals surface area contributed by atoms with Gasteiger partial charge < -0.3 is 24.3 Å². The van der Waals surface area contributed by atoms with Crippen molar-refractivity contribution < 1.29 is 41.8 Å². The highest BCUT2D eigenvalue weighted by Crippen LogP contribution is 2.50. The Morgan fingerprint density at radius 2 is 1.80 bits per heavy atom. The fourth-order valence-electron chi connectivity index (χ4n) is 6.05. The number of alkyl halides is 3. The highest BCUT2D eigenvalue weighted by molar-refractivity contribution is 7.97. The third-order valence-corrected chi connectivity index (χ3v) is 8.85. The molecule has 2 amide bonds. The maximum absolute atomic E-state index is 12.7. The number of fused-ring (bicyclic) bond motifs is 1. The Bertz CT molecular complexity index is 1380. The number of rotatable bonds is 9. The minimum absolute atomic E-state index is 0.0109. The van der Waals surface area contributed by atoms with Crippen LogP contribution in [0.2, 0.25) is 0 Å². The predicted octanol–water partition coefficient (Wildman–Crippen LogP) is 6.14. The Morgan fingerprint density at radius 1 is 1.07 bits per heavy atom. The van der Waals surface area contributed by atoms with E-state index in [4.69, 9.17) is 23.8 Å². The molecule has 2 heterocycles. The molecule has 1 saturated heterocycles. The molecule has 1 saturated carbocycles. The third-order valence-electron chi connectivity index (χ3n) is 8.09. The molecule has 1 aliphatic heterocycles. The first-order chi connectivity index (χ1) is 21.1. The summed E-state index contributed by atoms with van der Waals surface area (Å²) in [6.45, 7) is 1.92. The Kier molecular flexibility index (Phi) is 11.1. The molecular formula is C31H36F3N3O6S. The van der Waals surface area contributed by atoms with Crippen molar-refractivity contribution in [3.8, 4) is 11.5 Å². The Balaban J connectivity index is 0.000000566. The first-order valence-corrected chi connectivity index (χ1v) is 15.1. The number of carboxylic acids is 1. The maximum Gasteiger partial charge on any atom is 0.490 e. The predicted molar refractivity (Wildman–Crippen MR) is 159 cm³/mol. The average Bonchev–Trinajstić information content (AvgIpc) is 3.66. The molecular weight excluding hydrogens is 599 g/mol. The minimum atomic E-state index is -5.08. The largest absolute Gasteiger partial charge is 0.493 e. The summed E-state index contributed by atoms with van der Waals surface area (Å²) in [4.78, 5) is 24.2. The van der Waals surface area contributed by atoms with Gasteiger partial charge in [-0.3, -0.25) is 9.62 Å². The Morgan fingerprint density at radius 3 is 2.43 bits per heavy atom. The summed E-state index contributed by atoms with van der Waals surface area (Å²) in [5.74, 6) is 0.194. The third kappa shape index (κ3) is 8.20. The number of methoxy groups -OCH3 is 2. The zero-order chi connectivity index (χ0) is 31.7. The number of urea groups is 1. The van der Waals surface area contributed by atoms with Crippen LogP contribution in [0.15, 0.2) is 71.3 Å². The zero-order valence-corrected chi connectivity index (χ0v) is 25.2. The number of halogens is 3. The van der Waals surface area contributed by atoms with Crippen LogP contribution in [0, 0.1) is 0 Å². The molecule has 238 valence electrons. The van der Waals surface area contributed by atoms with Crippen molar-refractivity contribution in [3.63, 3.8) is 0 Å². The summed E-state index contributed by atoms with van der Waals surface area (Å²) in [5, 5.41) is 10.4. The van der Waals surface area contributed by atoms with Crippen LogP contribution in [0.1, 0.15) is 42.6 Å². The fourth-order valence-corrected chi connectivity index (χ4v) is 6.62. The molecule has 0 bridgehead atoms. The van der Waals surface area contributed by atoms with Gasteiger partial charge in [0.15, 0.2) is 11.5 Å². The molecule has 1 aromatic heterocycles. The summed E-state index contributed by atoms with van der Waals surface area (Å²) in [5.41, 5.74) is 2.62. The number of hydrogen-bond acceptors (Lipinski definition) is 7. The fraction of sp³-hybridized carbons (Fsp3) is 0.419. The number of nitrogens with one attached hydrogen (secondary N) is 2. The lowest BCUT2D eigenvalue weighted by Crippen LogP contribution is -2.53. The van der Waals surface area contributed by atoms with Gasteiger partial charge in [-0.15, -0.1) is 0 Å². The second-order valence-electron chi connectivity index (χ2n) is 10.7. The SMILES string of the molecule is COc1ccc(C23CCC(NC(=O)NSCc4ccco4)CC2N(Cc2ccccc2)CC3)cc1OC.O=C(O)C(F)(F)F. The second kappa shape index (κ2) is 14.8. The van der Waals surface area contributed by atoms with E-state index in [0.717, 1.165) is 56.0 Å². The van der Waals surface area contributed by atoms with Crippen molar-refractivity contribution in [1.29, 1.82) is 0 Å². The smallest absolute Gasteiger partial charge is 0.490 e. The first kappa shape index (κ1) is 33.1. The number of amides is 2. The number of carbonyl (C=O) groups is 2. The van der Waals surface area contributed by atoms with Crippen LogP contribution in [-0.2, 0) is 22.5 Å². The molecule has 3 unspecified atom stereocenters. The molecule has 3 aromatic rings. The minimum Gasteiger partial charge on any atom is -0.493 e. The standard InChI is InChI=1S/C29H35N3O4S.C2HF3O2/c1-34-25-11-10-22(17-26(25)35-2)29-13-12-23(30-28(33)31-37-20-24-9-6-16-36-24)18-27(29)32(15-14-29)19-21-7-4-3-5-8-21;3-2(4,5)1(6)7/h3-11,16-17,23,27H,12-15,18-20H2,1-2H3,(H2,30,31,33);(H,6,7). The molecule has 9 nitrogen and oxygen atoms in total. The molecule has 2 fully saturated rings. The van der Waals surface area contributed by atoms with Gasteiger partial charge in [0.1, 0.15) is 5.76 Å². The second-order valence-corrected chi connectivity index (χ2v) is 11.4. The zero-order valence-electron chi connectivity index (χ0n) is 24.4. The quantitative estimate of drug-likeness (QED) is 0.240. The van der Waals surface area contributed by atoms with Gasteiger partial charge in [0.25, 0.3) is 0 Å². The molecule has 2 aliphatic rings. The lowest BCUT2D eigenvalue weighted by Gasteiger charge is -2.45. The van der Waals surface area contributed by atoms with Crippen LogP contribution in [0.3, 0.4) is 0 Å². The van der Waals surface area contributed by atoms with Crippen molar-refractivity contribution in [3.05, 3.63) is 83.8 Å². The van der Waals surface area contributed by atoms with Crippen LogP contribution in [0.4, 0.5) is 18.0 Å². The number of benzene rings is 2. The van der Waals surface area contributed by atoms with E-state index in [-0.39, 0.29) is 17.5 Å². The van der Waals surface area contributed by atoms with Gasteiger partial charge in [-0.2, -0.15) is 13.2 Å². The summed E-state index contributed by atoms with van der Waals surface area (Å²) in [6, 6.07) is 21.1. The number of nitrogens with zero attached hydrogens (tertiary/aromatic N) is 1. The van der Waals surface area contributed by atoms with Gasteiger partial charge in [-0.1, -0.05) is 36.4 Å². The lowest BCUT2D eigenvalue weighted by atomic mass is 9.65. The van der Waals surface area contributed by atoms with Gasteiger partial charge in [0.05, 0.1) is 26.2 Å². The number of carbonyl (C=O) groups excluding carboxylic acids is 1. The van der Waals surface area contributed by atoms with Gasteiger partial charge in [-0.05, 0) is 79.6 Å². The van der Waals surface area contributed by atoms with Crippen molar-refractivity contribution in [2.24, 2.45) is 0 Å². The topological polar surface area (TPSA) is 113 Å². The van der Waals surface area contributed by atoms with Crippen molar-refractivity contribution in [1.82, 2.24) is 14.9 Å². The number of hydrogen-bond donors (Lipinski definition) is 3. The number of likely N-dealkylation sites (tertiary alicyclic amines) is 1. The summed E-state index contributed by atoms with van der Waals surface area (Å²) in [6.07, 6.45) is 0.476. The van der Waals surface area contributed by atoms with Crippen LogP contribution in [0.5, 0.6) is 11.5 Å². The molecule has 0 radical (unpaired) electrons. The number of carboxylic acid groups (broad SMARTS) is 1. The van der Waals surface area contributed by atoms with E-state index < -0.39 is 12.1 Å². The maximum atomic E-state index is 12.7. The van der Waals surface area contributed by atoms with Crippen LogP contribution in [-0.4, -0.2) is 61.0 Å². The molecule has 13 heteroatoms.